The average molecular weight is 508 g/mol. The molecule has 0 saturated heterocycles. The van der Waals surface area contributed by atoms with Gasteiger partial charge in [0.05, 0.1) is 27.4 Å². The number of anilines is 2. The molecule has 8 nitrogen and oxygen atoms in total. The van der Waals surface area contributed by atoms with Crippen LogP contribution in [0.1, 0.15) is 38.3 Å². The Kier molecular flexibility index (Phi) is 6.73. The van der Waals surface area contributed by atoms with Crippen LogP contribution in [0.3, 0.4) is 0 Å². The Morgan fingerprint density at radius 1 is 1.19 bits per heavy atom. The quantitative estimate of drug-likeness (QED) is 0.128. The summed E-state index contributed by atoms with van der Waals surface area (Å²) in [4.78, 5) is 13.7. The number of halogens is 2. The van der Waals surface area contributed by atoms with E-state index in [2.05, 4.69) is 26.9 Å². The van der Waals surface area contributed by atoms with Crippen LogP contribution < -0.4 is 11.1 Å². The maximum atomic E-state index is 14.6. The first-order valence-electron chi connectivity index (χ1n) is 11.9. The van der Waals surface area contributed by atoms with Crippen LogP contribution in [0.2, 0.25) is 5.02 Å². The number of nitrogens with one attached hydrogen (secondary N) is 1. The number of pyridine rings is 2. The number of hydrogen-bond acceptors (Lipinski definition) is 6. The van der Waals surface area contributed by atoms with Crippen LogP contribution >= 0.6 is 11.6 Å². The molecule has 0 amide bonds. The molecular weight excluding hydrogens is 481 g/mol. The SMILES string of the molecule is CC1CCC(Cn2c(Nc3ccccc3F)nc3cc(C(N)=NO)nc(-c4cncc(Cl)c4)c32)CC1. The number of nitrogens with two attached hydrogens (primary N) is 1. The molecule has 1 fully saturated rings. The first kappa shape index (κ1) is 24.0. The predicted octanol–water partition coefficient (Wildman–Crippen LogP) is 5.95. The Morgan fingerprint density at radius 2 is 1.97 bits per heavy atom. The summed E-state index contributed by atoms with van der Waals surface area (Å²) >= 11 is 6.26. The van der Waals surface area contributed by atoms with E-state index in [4.69, 9.17) is 27.3 Å². The zero-order chi connectivity index (χ0) is 25.2. The number of imidazole rings is 1. The van der Waals surface area contributed by atoms with E-state index in [1.807, 2.05) is 0 Å². The Morgan fingerprint density at radius 3 is 2.69 bits per heavy atom. The Bertz CT molecular complexity index is 1430. The standard InChI is InChI=1S/C26H27ClFN7O/c1-15-6-8-16(9-7-15)14-35-24-21(33-26(35)32-20-5-3-2-4-19(20)28)11-22(25(29)34-36)31-23(24)17-10-18(27)13-30-12-17/h2-5,10-13,15-16,36H,6-9,14H2,1H3,(H2,29,34)(H,32,33). The van der Waals surface area contributed by atoms with Crippen LogP contribution in [-0.4, -0.2) is 30.6 Å². The summed E-state index contributed by atoms with van der Waals surface area (Å²) in [5.41, 5.74) is 9.01. The van der Waals surface area contributed by atoms with E-state index >= 15 is 0 Å². The number of nitrogens with zero attached hydrogens (tertiary/aromatic N) is 5. The minimum atomic E-state index is -0.377. The lowest BCUT2D eigenvalue weighted by atomic mass is 9.83. The molecule has 0 aliphatic heterocycles. The van der Waals surface area contributed by atoms with Gasteiger partial charge in [-0.05, 0) is 48.9 Å². The van der Waals surface area contributed by atoms with Gasteiger partial charge in [-0.3, -0.25) is 4.98 Å². The third-order valence-corrected chi connectivity index (χ3v) is 6.98. The molecule has 3 aromatic heterocycles. The van der Waals surface area contributed by atoms with E-state index in [9.17, 15) is 9.60 Å². The highest BCUT2D eigenvalue weighted by Gasteiger charge is 2.25. The highest BCUT2D eigenvalue weighted by molar-refractivity contribution is 6.30. The maximum absolute atomic E-state index is 14.6. The van der Waals surface area contributed by atoms with Crippen molar-refractivity contribution in [1.29, 1.82) is 0 Å². The third-order valence-electron chi connectivity index (χ3n) is 6.77. The molecule has 1 saturated carbocycles. The minimum Gasteiger partial charge on any atom is -0.409 e. The molecule has 1 aliphatic carbocycles. The van der Waals surface area contributed by atoms with Crippen molar-refractivity contribution in [2.24, 2.45) is 22.7 Å². The van der Waals surface area contributed by atoms with Gasteiger partial charge in [0.25, 0.3) is 0 Å². The van der Waals surface area contributed by atoms with Gasteiger partial charge in [-0.1, -0.05) is 48.7 Å². The van der Waals surface area contributed by atoms with Gasteiger partial charge in [-0.25, -0.2) is 14.4 Å². The van der Waals surface area contributed by atoms with Crippen LogP contribution in [0, 0.1) is 17.7 Å². The molecule has 0 bridgehead atoms. The van der Waals surface area contributed by atoms with Gasteiger partial charge in [0, 0.05) is 24.5 Å². The third kappa shape index (κ3) is 4.83. The summed E-state index contributed by atoms with van der Waals surface area (Å²) in [7, 11) is 0. The summed E-state index contributed by atoms with van der Waals surface area (Å²) in [5, 5.41) is 16.0. The van der Waals surface area contributed by atoms with Crippen molar-refractivity contribution in [3.05, 3.63) is 65.3 Å². The molecular formula is C26H27ClFN7O. The minimum absolute atomic E-state index is 0.146. The number of rotatable bonds is 6. The number of hydrogen-bond donors (Lipinski definition) is 3. The highest BCUT2D eigenvalue weighted by atomic mass is 35.5. The second kappa shape index (κ2) is 10.1. The van der Waals surface area contributed by atoms with Gasteiger partial charge in [0.1, 0.15) is 11.5 Å². The van der Waals surface area contributed by atoms with Crippen molar-refractivity contribution in [3.63, 3.8) is 0 Å². The fourth-order valence-electron chi connectivity index (χ4n) is 4.81. The fourth-order valence-corrected chi connectivity index (χ4v) is 4.98. The molecule has 0 atom stereocenters. The van der Waals surface area contributed by atoms with E-state index in [0.717, 1.165) is 24.3 Å². The van der Waals surface area contributed by atoms with Crippen molar-refractivity contribution < 1.29 is 9.60 Å². The molecule has 36 heavy (non-hydrogen) atoms. The van der Waals surface area contributed by atoms with Gasteiger partial charge in [0.2, 0.25) is 5.95 Å². The molecule has 4 N–H and O–H groups in total. The lowest BCUT2D eigenvalue weighted by Crippen LogP contribution is -2.19. The summed E-state index contributed by atoms with van der Waals surface area (Å²) < 4.78 is 16.6. The second-order valence-electron chi connectivity index (χ2n) is 9.38. The van der Waals surface area contributed by atoms with Crippen LogP contribution in [0.5, 0.6) is 0 Å². The zero-order valence-electron chi connectivity index (χ0n) is 19.8. The topological polar surface area (TPSA) is 114 Å². The van der Waals surface area contributed by atoms with Crippen molar-refractivity contribution >= 4 is 40.1 Å². The smallest absolute Gasteiger partial charge is 0.208 e. The van der Waals surface area contributed by atoms with Crippen molar-refractivity contribution in [2.45, 2.75) is 39.2 Å². The van der Waals surface area contributed by atoms with E-state index in [1.54, 1.807) is 42.7 Å². The lowest BCUT2D eigenvalue weighted by molar-refractivity contribution is 0.267. The summed E-state index contributed by atoms with van der Waals surface area (Å²) in [5.74, 6) is 1.12. The summed E-state index contributed by atoms with van der Waals surface area (Å²) in [6, 6.07) is 9.90. The highest BCUT2D eigenvalue weighted by Crippen LogP contribution is 2.36. The average Bonchev–Trinajstić information content (AvgIpc) is 3.22. The molecule has 10 heteroatoms. The molecule has 3 heterocycles. The van der Waals surface area contributed by atoms with E-state index in [0.29, 0.717) is 45.9 Å². The molecule has 186 valence electrons. The fraction of sp³-hybridized carbons (Fsp3) is 0.308. The predicted molar refractivity (Wildman–Crippen MR) is 139 cm³/mol. The van der Waals surface area contributed by atoms with Crippen molar-refractivity contribution in [1.82, 2.24) is 19.5 Å². The van der Waals surface area contributed by atoms with Gasteiger partial charge in [0.15, 0.2) is 5.84 Å². The first-order chi connectivity index (χ1) is 17.4. The molecule has 0 unspecified atom stereocenters. The number of para-hydroxylation sites is 1. The number of oxime groups is 1. The number of fused-ring (bicyclic) bond motifs is 1. The van der Waals surface area contributed by atoms with Crippen LogP contribution in [0.4, 0.5) is 16.0 Å². The van der Waals surface area contributed by atoms with Crippen LogP contribution in [0.15, 0.2) is 53.9 Å². The Labute approximate surface area is 213 Å². The van der Waals surface area contributed by atoms with E-state index in [1.165, 1.54) is 18.9 Å². The second-order valence-corrected chi connectivity index (χ2v) is 9.81. The summed E-state index contributed by atoms with van der Waals surface area (Å²) in [6.45, 7) is 2.97. The molecule has 1 aromatic carbocycles. The van der Waals surface area contributed by atoms with Gasteiger partial charge < -0.3 is 20.8 Å². The Balaban J connectivity index is 1.72. The Hall–Kier alpha value is -3.72. The van der Waals surface area contributed by atoms with Crippen molar-refractivity contribution in [3.8, 4) is 11.3 Å². The number of aromatic nitrogens is 4. The van der Waals surface area contributed by atoms with Crippen molar-refractivity contribution in [2.75, 3.05) is 5.32 Å². The first-order valence-corrected chi connectivity index (χ1v) is 12.3. The molecule has 1 aliphatic rings. The van der Waals surface area contributed by atoms with Crippen LogP contribution in [-0.2, 0) is 6.54 Å². The maximum Gasteiger partial charge on any atom is 0.208 e. The number of amidine groups is 1. The van der Waals surface area contributed by atoms with Gasteiger partial charge in [-0.15, -0.1) is 0 Å². The van der Waals surface area contributed by atoms with Gasteiger partial charge in [-0.2, -0.15) is 0 Å². The molecule has 4 aromatic rings. The largest absolute Gasteiger partial charge is 0.409 e. The molecule has 0 radical (unpaired) electrons. The monoisotopic (exact) mass is 507 g/mol. The number of benzene rings is 1. The van der Waals surface area contributed by atoms with Gasteiger partial charge >= 0.3 is 0 Å². The van der Waals surface area contributed by atoms with Crippen LogP contribution in [0.25, 0.3) is 22.3 Å². The zero-order valence-corrected chi connectivity index (χ0v) is 20.6. The molecule has 0 spiro atoms. The summed E-state index contributed by atoms with van der Waals surface area (Å²) in [6.07, 6.45) is 7.75. The molecule has 5 rings (SSSR count). The lowest BCUT2D eigenvalue weighted by Gasteiger charge is -2.27. The van der Waals surface area contributed by atoms with E-state index < -0.39 is 0 Å². The van der Waals surface area contributed by atoms with E-state index in [-0.39, 0.29) is 17.3 Å². The normalized spacial score (nSPS) is 18.5.